The molecule has 2 unspecified atom stereocenters. The molecule has 5 heteroatoms. The number of ether oxygens (including phenoxy) is 1. The molecule has 0 amide bonds. The molecular weight excluding hydrogens is 160 g/mol. The van der Waals surface area contributed by atoms with Crippen molar-refractivity contribution < 1.29 is 14.6 Å². The fourth-order valence-corrected chi connectivity index (χ4v) is 1.31. The highest BCUT2D eigenvalue weighted by Gasteiger charge is 2.36. The number of rotatable bonds is 2. The minimum Gasteiger partial charge on any atom is -0.480 e. The number of methoxy groups -OCH3 is 1. The van der Waals surface area contributed by atoms with Crippen molar-refractivity contribution >= 4 is 5.97 Å². The van der Waals surface area contributed by atoms with Gasteiger partial charge in [0.2, 0.25) is 0 Å². The van der Waals surface area contributed by atoms with Crippen LogP contribution in [0.15, 0.2) is 0 Å². The third-order valence-corrected chi connectivity index (χ3v) is 2.01. The van der Waals surface area contributed by atoms with Gasteiger partial charge in [-0.05, 0) is 0 Å². The molecule has 1 saturated heterocycles. The summed E-state index contributed by atoms with van der Waals surface area (Å²) in [7, 11) is 1.52. The zero-order valence-electron chi connectivity index (χ0n) is 6.73. The van der Waals surface area contributed by atoms with Crippen molar-refractivity contribution in [2.75, 3.05) is 13.7 Å². The van der Waals surface area contributed by atoms with E-state index in [1.54, 1.807) is 0 Å². The van der Waals surface area contributed by atoms with E-state index >= 15 is 0 Å². The summed E-state index contributed by atoms with van der Waals surface area (Å²) in [4.78, 5) is 11.8. The van der Waals surface area contributed by atoms with Crippen LogP contribution >= 0.6 is 0 Å². The standard InChI is InChI=1S/C7H10N2O3/c1-12-5-2-6(7(10)11)9(3-5)4-8/h5-6H,2-3H2,1H3,(H,10,11). The molecule has 0 spiro atoms. The van der Waals surface area contributed by atoms with Gasteiger partial charge < -0.3 is 9.84 Å². The van der Waals surface area contributed by atoms with Gasteiger partial charge in [-0.1, -0.05) is 0 Å². The smallest absolute Gasteiger partial charge is 0.327 e. The molecule has 5 nitrogen and oxygen atoms in total. The monoisotopic (exact) mass is 170 g/mol. The summed E-state index contributed by atoms with van der Waals surface area (Å²) in [5.41, 5.74) is 0. The van der Waals surface area contributed by atoms with Crippen LogP contribution in [-0.4, -0.2) is 41.8 Å². The molecule has 0 saturated carbocycles. The van der Waals surface area contributed by atoms with E-state index in [4.69, 9.17) is 15.1 Å². The molecule has 0 radical (unpaired) electrons. The van der Waals surface area contributed by atoms with Gasteiger partial charge in [-0.2, -0.15) is 5.26 Å². The lowest BCUT2D eigenvalue weighted by Gasteiger charge is -2.11. The molecule has 0 aromatic carbocycles. The molecule has 2 atom stereocenters. The minimum absolute atomic E-state index is 0.134. The van der Waals surface area contributed by atoms with Crippen molar-refractivity contribution in [3.05, 3.63) is 0 Å². The van der Waals surface area contributed by atoms with Crippen molar-refractivity contribution in [3.8, 4) is 6.19 Å². The van der Waals surface area contributed by atoms with Gasteiger partial charge in [0, 0.05) is 13.5 Å². The van der Waals surface area contributed by atoms with Gasteiger partial charge in [0.1, 0.15) is 6.04 Å². The average Bonchev–Trinajstić information content (AvgIpc) is 2.47. The normalized spacial score (nSPS) is 28.5. The van der Waals surface area contributed by atoms with Crippen LogP contribution in [0.2, 0.25) is 0 Å². The fraction of sp³-hybridized carbons (Fsp3) is 0.714. The third-order valence-electron chi connectivity index (χ3n) is 2.01. The van der Waals surface area contributed by atoms with Crippen LogP contribution in [0.4, 0.5) is 0 Å². The minimum atomic E-state index is -0.962. The Morgan fingerprint density at radius 1 is 1.83 bits per heavy atom. The topological polar surface area (TPSA) is 73.6 Å². The fourth-order valence-electron chi connectivity index (χ4n) is 1.31. The maximum atomic E-state index is 10.6. The summed E-state index contributed by atoms with van der Waals surface area (Å²) in [6.45, 7) is 0.379. The lowest BCUT2D eigenvalue weighted by molar-refractivity contribution is -0.141. The third kappa shape index (κ3) is 1.48. The number of hydrogen-bond acceptors (Lipinski definition) is 4. The van der Waals surface area contributed by atoms with Crippen molar-refractivity contribution in [1.29, 1.82) is 5.26 Å². The number of nitriles is 1. The highest BCUT2D eigenvalue weighted by atomic mass is 16.5. The second-order valence-electron chi connectivity index (χ2n) is 2.70. The molecule has 0 aromatic heterocycles. The van der Waals surface area contributed by atoms with Crippen LogP contribution in [0.1, 0.15) is 6.42 Å². The van der Waals surface area contributed by atoms with Gasteiger partial charge in [0.25, 0.3) is 0 Å². The largest absolute Gasteiger partial charge is 0.480 e. The predicted molar refractivity (Wildman–Crippen MR) is 39.2 cm³/mol. The van der Waals surface area contributed by atoms with Crippen LogP contribution in [0.3, 0.4) is 0 Å². The van der Waals surface area contributed by atoms with E-state index in [0.717, 1.165) is 0 Å². The van der Waals surface area contributed by atoms with Gasteiger partial charge in [0.05, 0.1) is 12.6 Å². The molecular formula is C7H10N2O3. The van der Waals surface area contributed by atoms with Crippen molar-refractivity contribution in [1.82, 2.24) is 4.90 Å². The Hall–Kier alpha value is -1.28. The number of aliphatic carboxylic acids is 1. The quantitative estimate of drug-likeness (QED) is 0.573. The molecule has 1 N–H and O–H groups in total. The van der Waals surface area contributed by atoms with Gasteiger partial charge >= 0.3 is 5.97 Å². The maximum Gasteiger partial charge on any atom is 0.327 e. The van der Waals surface area contributed by atoms with E-state index in [2.05, 4.69) is 0 Å². The Bertz CT molecular complexity index is 223. The first-order chi connectivity index (χ1) is 5.69. The van der Waals surface area contributed by atoms with Crippen molar-refractivity contribution in [3.63, 3.8) is 0 Å². The molecule has 0 aliphatic carbocycles. The molecule has 0 aromatic rings. The Morgan fingerprint density at radius 3 is 2.83 bits per heavy atom. The first-order valence-electron chi connectivity index (χ1n) is 3.61. The van der Waals surface area contributed by atoms with E-state index in [-0.39, 0.29) is 6.10 Å². The molecule has 1 rings (SSSR count). The highest BCUT2D eigenvalue weighted by Crippen LogP contribution is 2.18. The van der Waals surface area contributed by atoms with Gasteiger partial charge in [0.15, 0.2) is 6.19 Å². The first-order valence-corrected chi connectivity index (χ1v) is 3.61. The second kappa shape index (κ2) is 3.41. The highest BCUT2D eigenvalue weighted by molar-refractivity contribution is 5.74. The van der Waals surface area contributed by atoms with Crippen LogP contribution in [0, 0.1) is 11.5 Å². The molecule has 1 fully saturated rings. The number of carboxylic acids is 1. The van der Waals surface area contributed by atoms with E-state index in [9.17, 15) is 4.79 Å². The molecule has 12 heavy (non-hydrogen) atoms. The second-order valence-corrected chi connectivity index (χ2v) is 2.70. The first kappa shape index (κ1) is 8.81. The van der Waals surface area contributed by atoms with Gasteiger partial charge in [-0.3, -0.25) is 4.90 Å². The summed E-state index contributed by atoms with van der Waals surface area (Å²) in [5.74, 6) is -0.962. The molecule has 1 heterocycles. The number of likely N-dealkylation sites (tertiary alicyclic amines) is 1. The summed E-state index contributed by atoms with van der Waals surface area (Å²) in [6.07, 6.45) is 2.09. The van der Waals surface area contributed by atoms with E-state index in [0.29, 0.717) is 13.0 Å². The SMILES string of the molecule is COC1CC(C(=O)O)N(C#N)C1. The molecule has 0 bridgehead atoms. The summed E-state index contributed by atoms with van der Waals surface area (Å²) < 4.78 is 4.97. The van der Waals surface area contributed by atoms with Crippen LogP contribution in [0.5, 0.6) is 0 Å². The van der Waals surface area contributed by atoms with Crippen molar-refractivity contribution in [2.45, 2.75) is 18.6 Å². The molecule has 1 aliphatic heterocycles. The van der Waals surface area contributed by atoms with Crippen LogP contribution in [-0.2, 0) is 9.53 Å². The van der Waals surface area contributed by atoms with Crippen LogP contribution in [0.25, 0.3) is 0 Å². The summed E-state index contributed by atoms with van der Waals surface area (Å²) in [6, 6.07) is -0.708. The maximum absolute atomic E-state index is 10.6. The lowest BCUT2D eigenvalue weighted by Crippen LogP contribution is -2.31. The Morgan fingerprint density at radius 2 is 2.50 bits per heavy atom. The predicted octanol–water partition coefficient (Wildman–Crippen LogP) is -0.359. The van der Waals surface area contributed by atoms with E-state index < -0.39 is 12.0 Å². The Balaban J connectivity index is 2.64. The Kier molecular flexibility index (Phi) is 2.51. The molecule has 1 aliphatic rings. The van der Waals surface area contributed by atoms with Crippen molar-refractivity contribution in [2.24, 2.45) is 0 Å². The number of carbonyl (C=O) groups is 1. The zero-order valence-corrected chi connectivity index (χ0v) is 6.73. The van der Waals surface area contributed by atoms with E-state index in [1.807, 2.05) is 6.19 Å². The Labute approximate surface area is 70.1 Å². The zero-order chi connectivity index (χ0) is 9.14. The lowest BCUT2D eigenvalue weighted by atomic mass is 10.2. The molecule has 66 valence electrons. The number of hydrogen-bond donors (Lipinski definition) is 1. The van der Waals surface area contributed by atoms with E-state index in [1.165, 1.54) is 12.0 Å². The van der Waals surface area contributed by atoms with Gasteiger partial charge in [-0.25, -0.2) is 4.79 Å². The summed E-state index contributed by atoms with van der Waals surface area (Å²) in [5, 5.41) is 17.2. The number of carboxylic acid groups (broad SMARTS) is 1. The van der Waals surface area contributed by atoms with Gasteiger partial charge in [-0.15, -0.1) is 0 Å². The summed E-state index contributed by atoms with van der Waals surface area (Å²) >= 11 is 0. The average molecular weight is 170 g/mol. The number of nitrogens with zero attached hydrogens (tertiary/aromatic N) is 2. The van der Waals surface area contributed by atoms with Crippen LogP contribution < -0.4 is 0 Å².